The molecule has 0 aromatic heterocycles. The van der Waals surface area contributed by atoms with Crippen LogP contribution < -0.4 is 10.6 Å². The summed E-state index contributed by atoms with van der Waals surface area (Å²) in [7, 11) is -2.08. The molecular weight excluding hydrogens is 442 g/mol. The molecule has 1 saturated heterocycles. The molecule has 4 rings (SSSR count). The Morgan fingerprint density at radius 2 is 1.82 bits per heavy atom. The minimum atomic E-state index is -3.75. The third-order valence-electron chi connectivity index (χ3n) is 5.82. The molecule has 0 saturated carbocycles. The molecule has 0 spiro atoms. The monoisotopic (exact) mass is 469 g/mol. The first-order chi connectivity index (χ1) is 15.8. The molecule has 174 valence electrons. The fourth-order valence-corrected chi connectivity index (χ4v) is 5.43. The van der Waals surface area contributed by atoms with E-state index in [4.69, 9.17) is 0 Å². The number of piperidine rings is 1. The van der Waals surface area contributed by atoms with Gasteiger partial charge in [-0.3, -0.25) is 4.79 Å². The van der Waals surface area contributed by atoms with Crippen LogP contribution in [0.2, 0.25) is 0 Å². The summed E-state index contributed by atoms with van der Waals surface area (Å²) in [4.78, 5) is 28.9. The van der Waals surface area contributed by atoms with Gasteiger partial charge in [0.2, 0.25) is 5.91 Å². The predicted molar refractivity (Wildman–Crippen MR) is 126 cm³/mol. The molecule has 10 heteroatoms. The molecule has 33 heavy (non-hydrogen) atoms. The molecule has 0 bridgehead atoms. The van der Waals surface area contributed by atoms with Crippen molar-refractivity contribution < 1.29 is 18.0 Å². The quantitative estimate of drug-likeness (QED) is 0.698. The van der Waals surface area contributed by atoms with Crippen molar-refractivity contribution in [3.05, 3.63) is 60.2 Å². The number of benzene rings is 2. The highest BCUT2D eigenvalue weighted by Gasteiger charge is 2.33. The molecule has 0 radical (unpaired) electrons. The van der Waals surface area contributed by atoms with Crippen LogP contribution in [0.15, 0.2) is 63.9 Å². The van der Waals surface area contributed by atoms with Crippen LogP contribution in [0.25, 0.3) is 0 Å². The molecule has 2 aliphatic rings. The van der Waals surface area contributed by atoms with Crippen molar-refractivity contribution in [1.29, 1.82) is 0 Å². The lowest BCUT2D eigenvalue weighted by Gasteiger charge is -2.37. The number of amides is 3. The molecule has 3 amide bonds. The molecule has 9 nitrogen and oxygen atoms in total. The van der Waals surface area contributed by atoms with Gasteiger partial charge in [-0.15, -0.1) is 4.40 Å². The van der Waals surface area contributed by atoms with Gasteiger partial charge >= 0.3 is 6.03 Å². The summed E-state index contributed by atoms with van der Waals surface area (Å²) in [5.41, 5.74) is 1.20. The number of likely N-dealkylation sites (tertiary alicyclic amines) is 1. The van der Waals surface area contributed by atoms with Gasteiger partial charge in [0.15, 0.2) is 5.84 Å². The summed E-state index contributed by atoms with van der Waals surface area (Å²) in [6.45, 7) is 0.933. The van der Waals surface area contributed by atoms with E-state index in [0.29, 0.717) is 24.3 Å². The number of carbonyl (C=O) groups is 2. The van der Waals surface area contributed by atoms with E-state index in [9.17, 15) is 18.0 Å². The molecule has 2 heterocycles. The lowest BCUT2D eigenvalue weighted by Crippen LogP contribution is -2.52. The van der Waals surface area contributed by atoms with Gasteiger partial charge in [0, 0.05) is 37.4 Å². The largest absolute Gasteiger partial charge is 0.349 e. The molecule has 2 N–H and O–H groups in total. The van der Waals surface area contributed by atoms with Crippen molar-refractivity contribution >= 4 is 33.5 Å². The summed E-state index contributed by atoms with van der Waals surface area (Å²) in [5, 5.41) is 5.63. The number of nitrogens with one attached hydrogen (secondary N) is 2. The van der Waals surface area contributed by atoms with E-state index in [1.54, 1.807) is 47.2 Å². The number of likely N-dealkylation sites (N-methyl/N-ethyl adjacent to an activating group) is 1. The Morgan fingerprint density at radius 3 is 2.61 bits per heavy atom. The van der Waals surface area contributed by atoms with Gasteiger partial charge in [0.1, 0.15) is 4.90 Å². The molecular formula is C23H27N5O4S. The zero-order valence-electron chi connectivity index (χ0n) is 18.4. The number of rotatable bonds is 5. The maximum atomic E-state index is 13.1. The Hall–Kier alpha value is -3.40. The highest BCUT2D eigenvalue weighted by Crippen LogP contribution is 2.27. The van der Waals surface area contributed by atoms with Gasteiger partial charge in [0.25, 0.3) is 10.0 Å². The molecule has 1 atom stereocenters. The van der Waals surface area contributed by atoms with Gasteiger partial charge in [-0.1, -0.05) is 30.3 Å². The average molecular weight is 470 g/mol. The lowest BCUT2D eigenvalue weighted by molar-refractivity contribution is -0.134. The Labute approximate surface area is 193 Å². The van der Waals surface area contributed by atoms with Gasteiger partial charge in [0.05, 0.1) is 6.54 Å². The van der Waals surface area contributed by atoms with Gasteiger partial charge in [-0.05, 0) is 43.5 Å². The maximum absolute atomic E-state index is 13.1. The summed E-state index contributed by atoms with van der Waals surface area (Å²) >= 11 is 0. The van der Waals surface area contributed by atoms with Crippen molar-refractivity contribution in [3.63, 3.8) is 0 Å². The summed E-state index contributed by atoms with van der Waals surface area (Å²) in [6.07, 6.45) is 2.66. The van der Waals surface area contributed by atoms with Crippen LogP contribution >= 0.6 is 0 Å². The van der Waals surface area contributed by atoms with Gasteiger partial charge in [-0.25, -0.2) is 4.79 Å². The summed E-state index contributed by atoms with van der Waals surface area (Å²) < 4.78 is 28.5. The zero-order valence-corrected chi connectivity index (χ0v) is 19.2. The second-order valence-electron chi connectivity index (χ2n) is 8.18. The highest BCUT2D eigenvalue weighted by molar-refractivity contribution is 7.90. The Bertz CT molecular complexity index is 1170. The molecule has 2 aromatic carbocycles. The minimum Gasteiger partial charge on any atom is -0.349 e. The number of fused-ring (bicyclic) bond motifs is 1. The van der Waals surface area contributed by atoms with Crippen molar-refractivity contribution in [2.24, 2.45) is 4.40 Å². The summed E-state index contributed by atoms with van der Waals surface area (Å²) in [5.74, 6) is 0.143. The minimum absolute atomic E-state index is 0.00456. The third kappa shape index (κ3) is 5.16. The topological polar surface area (TPSA) is 111 Å². The van der Waals surface area contributed by atoms with E-state index in [2.05, 4.69) is 15.0 Å². The van der Waals surface area contributed by atoms with Crippen LogP contribution in [0.5, 0.6) is 0 Å². The molecule has 0 aliphatic carbocycles. The number of hydrogen-bond donors (Lipinski definition) is 2. The number of para-hydroxylation sites is 1. The van der Waals surface area contributed by atoms with Crippen LogP contribution in [0.3, 0.4) is 0 Å². The molecule has 1 fully saturated rings. The van der Waals surface area contributed by atoms with E-state index in [1.807, 2.05) is 18.2 Å². The first-order valence-corrected chi connectivity index (χ1v) is 12.3. The van der Waals surface area contributed by atoms with Crippen LogP contribution in [0.1, 0.15) is 24.8 Å². The van der Waals surface area contributed by atoms with Crippen LogP contribution in [0, 0.1) is 0 Å². The van der Waals surface area contributed by atoms with E-state index < -0.39 is 10.0 Å². The first-order valence-electron chi connectivity index (χ1n) is 10.9. The number of nitrogens with zero attached hydrogens (tertiary/aromatic N) is 3. The molecule has 2 aromatic rings. The SMILES string of the molecule is CN(CC(=O)N1CCCCC1CNC(=O)Nc1ccccc1)C1=NS(=O)(=O)c2ccccc21. The second-order valence-corrected chi connectivity index (χ2v) is 9.75. The third-order valence-corrected chi connectivity index (χ3v) is 7.15. The number of anilines is 1. The summed E-state index contributed by atoms with van der Waals surface area (Å²) in [6, 6.07) is 15.3. The van der Waals surface area contributed by atoms with Gasteiger partial charge in [-0.2, -0.15) is 8.42 Å². The zero-order chi connectivity index (χ0) is 23.4. The van der Waals surface area contributed by atoms with Gasteiger partial charge < -0.3 is 20.4 Å². The van der Waals surface area contributed by atoms with E-state index in [1.165, 1.54) is 6.07 Å². The molecule has 2 aliphatic heterocycles. The fourth-order valence-electron chi connectivity index (χ4n) is 4.18. The highest BCUT2D eigenvalue weighted by atomic mass is 32.2. The van der Waals surface area contributed by atoms with Crippen molar-refractivity contribution in [3.8, 4) is 0 Å². The lowest BCUT2D eigenvalue weighted by atomic mass is 10.0. The fraction of sp³-hybridized carbons (Fsp3) is 0.348. The maximum Gasteiger partial charge on any atom is 0.319 e. The standard InChI is InChI=1S/C23H27N5O4S/c1-27(22-19-12-5-6-13-20(19)33(31,32)26-22)16-21(29)28-14-8-7-11-18(28)15-24-23(30)25-17-9-3-2-4-10-17/h2-6,9-10,12-13,18H,7-8,11,14-16H2,1H3,(H2,24,25,30). The first kappa shape index (κ1) is 22.8. The number of hydrogen-bond acceptors (Lipinski definition) is 5. The molecule has 1 unspecified atom stereocenters. The Balaban J connectivity index is 1.38. The van der Waals surface area contributed by atoms with E-state index >= 15 is 0 Å². The van der Waals surface area contributed by atoms with E-state index in [0.717, 1.165) is 19.3 Å². The predicted octanol–water partition coefficient (Wildman–Crippen LogP) is 2.27. The second kappa shape index (κ2) is 9.62. The van der Waals surface area contributed by atoms with Crippen LogP contribution in [0.4, 0.5) is 10.5 Å². The van der Waals surface area contributed by atoms with E-state index in [-0.39, 0.29) is 35.3 Å². The van der Waals surface area contributed by atoms with Crippen molar-refractivity contribution in [2.45, 2.75) is 30.2 Å². The van der Waals surface area contributed by atoms with Crippen molar-refractivity contribution in [2.75, 3.05) is 32.0 Å². The number of amidine groups is 1. The number of sulfonamides is 1. The smallest absolute Gasteiger partial charge is 0.319 e. The number of urea groups is 1. The Morgan fingerprint density at radius 1 is 1.09 bits per heavy atom. The van der Waals surface area contributed by atoms with Crippen LogP contribution in [-0.2, 0) is 14.8 Å². The Kier molecular flexibility index (Phi) is 6.64. The normalized spacial score (nSPS) is 18.8. The average Bonchev–Trinajstić information content (AvgIpc) is 3.10. The number of carbonyl (C=O) groups excluding carboxylic acids is 2. The van der Waals surface area contributed by atoms with Crippen molar-refractivity contribution in [1.82, 2.24) is 15.1 Å². The van der Waals surface area contributed by atoms with Crippen LogP contribution in [-0.4, -0.2) is 68.7 Å².